The molecule has 0 spiro atoms. The van der Waals surface area contributed by atoms with E-state index in [2.05, 4.69) is 90.1 Å². The van der Waals surface area contributed by atoms with E-state index in [1.54, 1.807) is 0 Å². The smallest absolute Gasteiger partial charge is 0.278 e. The third-order valence-electron chi connectivity index (χ3n) is 6.54. The van der Waals surface area contributed by atoms with Crippen LogP contribution in [0.1, 0.15) is 66.9 Å². The maximum Gasteiger partial charge on any atom is 0.278 e. The molecule has 0 saturated carbocycles. The molecule has 2 aromatic heterocycles. The summed E-state index contributed by atoms with van der Waals surface area (Å²) in [7, 11) is 0. The maximum atomic E-state index is 12.6. The van der Waals surface area contributed by atoms with E-state index in [1.165, 1.54) is 5.56 Å². The number of anilines is 2. The van der Waals surface area contributed by atoms with E-state index in [9.17, 15) is 9.59 Å². The van der Waals surface area contributed by atoms with Gasteiger partial charge in [-0.15, -0.1) is 0 Å². The lowest BCUT2D eigenvalue weighted by molar-refractivity contribution is -0.118. The molecule has 11 heteroatoms. The molecule has 0 radical (unpaired) electrons. The lowest BCUT2D eigenvalue weighted by atomic mass is 9.74. The number of ether oxygens (including phenoxy) is 1. The van der Waals surface area contributed by atoms with Gasteiger partial charge in [0.15, 0.2) is 17.8 Å². The van der Waals surface area contributed by atoms with E-state index in [1.807, 2.05) is 38.1 Å². The molecule has 0 atom stereocenters. The Hall–Kier alpha value is -3.05. The third-order valence-corrected chi connectivity index (χ3v) is 6.66. The number of aromatic amines is 2. The minimum atomic E-state index is -0.451. The summed E-state index contributed by atoms with van der Waals surface area (Å²) in [4.78, 5) is 38.8. The van der Waals surface area contributed by atoms with Gasteiger partial charge in [-0.2, -0.15) is 22.6 Å². The van der Waals surface area contributed by atoms with Gasteiger partial charge in [-0.05, 0) is 56.7 Å². The Morgan fingerprint density at radius 3 is 2.24 bits per heavy atom. The van der Waals surface area contributed by atoms with Gasteiger partial charge in [0.2, 0.25) is 11.9 Å². The fourth-order valence-corrected chi connectivity index (χ4v) is 4.06. The number of nitrogens with zero attached hydrogens (tertiary/aromatic N) is 2. The number of rotatable bonds is 11. The van der Waals surface area contributed by atoms with Gasteiger partial charge in [0.05, 0.1) is 4.87 Å². The quantitative estimate of drug-likeness (QED) is 0.161. The first kappa shape index (κ1) is 28.5. The Kier molecular flexibility index (Phi) is 8.28. The minimum absolute atomic E-state index is 0.000907. The van der Waals surface area contributed by atoms with E-state index in [0.29, 0.717) is 24.2 Å². The van der Waals surface area contributed by atoms with Crippen LogP contribution in [0.4, 0.5) is 11.9 Å². The van der Waals surface area contributed by atoms with Crippen molar-refractivity contribution in [1.29, 1.82) is 0 Å². The van der Waals surface area contributed by atoms with Gasteiger partial charge in [-0.3, -0.25) is 25.2 Å². The first-order valence-electron chi connectivity index (χ1n) is 12.3. The summed E-state index contributed by atoms with van der Waals surface area (Å²) >= 11 is 4.60. The highest BCUT2D eigenvalue weighted by Crippen LogP contribution is 2.33. The van der Waals surface area contributed by atoms with Crippen molar-refractivity contribution in [3.63, 3.8) is 0 Å². The lowest BCUT2D eigenvalue weighted by Crippen LogP contribution is -2.59. The average molecular weight is 530 g/mol. The molecule has 0 aliphatic rings. The van der Waals surface area contributed by atoms with E-state index in [4.69, 9.17) is 4.74 Å². The zero-order chi connectivity index (χ0) is 27.6. The molecule has 5 N–H and O–H groups in total. The molecule has 2 heterocycles. The van der Waals surface area contributed by atoms with Gasteiger partial charge in [0.1, 0.15) is 5.75 Å². The number of H-pyrrole nitrogens is 2. The summed E-state index contributed by atoms with van der Waals surface area (Å²) in [5.74, 6) is 0.958. The highest BCUT2D eigenvalue weighted by molar-refractivity contribution is 7.81. The van der Waals surface area contributed by atoms with Crippen LogP contribution in [0.3, 0.4) is 0 Å². The number of hydrogen-bond acceptors (Lipinski definition) is 8. The molecule has 10 nitrogen and oxygen atoms in total. The summed E-state index contributed by atoms with van der Waals surface area (Å²) in [5, 5.41) is 9.37. The zero-order valence-electron chi connectivity index (χ0n) is 22.9. The van der Waals surface area contributed by atoms with Crippen LogP contribution in [0.15, 0.2) is 29.1 Å². The first-order valence-corrected chi connectivity index (χ1v) is 12.8. The largest absolute Gasteiger partial charge is 0.484 e. The average Bonchev–Trinajstić information content (AvgIpc) is 3.18. The summed E-state index contributed by atoms with van der Waals surface area (Å²) in [5.41, 5.74) is 0.685. The Balaban J connectivity index is 1.64. The van der Waals surface area contributed by atoms with Crippen molar-refractivity contribution in [2.24, 2.45) is 5.41 Å². The summed E-state index contributed by atoms with van der Waals surface area (Å²) in [6, 6.07) is 7.58. The van der Waals surface area contributed by atoms with Crippen molar-refractivity contribution < 1.29 is 9.53 Å². The molecule has 0 saturated heterocycles. The Morgan fingerprint density at radius 2 is 1.65 bits per heavy atom. The van der Waals surface area contributed by atoms with E-state index in [0.717, 1.165) is 0 Å². The van der Waals surface area contributed by atoms with E-state index in [-0.39, 0.29) is 39.5 Å². The predicted octanol–water partition coefficient (Wildman–Crippen LogP) is 4.26. The van der Waals surface area contributed by atoms with Crippen LogP contribution >= 0.6 is 12.6 Å². The normalized spacial score (nSPS) is 12.7. The maximum absolute atomic E-state index is 12.6. The monoisotopic (exact) mass is 529 g/mol. The van der Waals surface area contributed by atoms with Gasteiger partial charge >= 0.3 is 0 Å². The van der Waals surface area contributed by atoms with Gasteiger partial charge in [-0.25, -0.2) is 0 Å². The van der Waals surface area contributed by atoms with Crippen LogP contribution in [0.25, 0.3) is 11.2 Å². The number of imidazole rings is 1. The van der Waals surface area contributed by atoms with Crippen LogP contribution in [0, 0.1) is 5.41 Å². The molecule has 0 aliphatic carbocycles. The second-order valence-electron chi connectivity index (χ2n) is 11.3. The van der Waals surface area contributed by atoms with Crippen molar-refractivity contribution in [1.82, 2.24) is 25.3 Å². The standard InChI is InChI=1S/C26H39N7O3S/c1-15(2)16-9-11-17(12-10-16)36-13-18(34)28-23-31-20-19(21(35)32-23)29-22(30-20)27-14-24(3,4)25(5,6)33-26(7,8)37/h9-12,15,33,37H,13-14H2,1-8H3,(H4,27,28,29,30,31,32,34,35). The molecular formula is C26H39N7O3S. The SMILES string of the molecule is CC(C)c1ccc(OCC(=O)Nc2nc3nc(NCC(C)(C)C(C)(C)NC(C)(C)S)[nH]c3c(=O)[nH]2)cc1. The van der Waals surface area contributed by atoms with Crippen LogP contribution in [-0.4, -0.2) is 49.4 Å². The number of thiol groups is 1. The molecular weight excluding hydrogens is 490 g/mol. The molecule has 1 amide bonds. The number of nitrogens with one attached hydrogen (secondary N) is 5. The van der Waals surface area contributed by atoms with E-state index < -0.39 is 11.5 Å². The highest BCUT2D eigenvalue weighted by atomic mass is 32.1. The second-order valence-corrected chi connectivity index (χ2v) is 12.4. The second kappa shape index (κ2) is 10.7. The van der Waals surface area contributed by atoms with Gasteiger partial charge in [-0.1, -0.05) is 39.8 Å². The molecule has 1 aromatic carbocycles. The van der Waals surface area contributed by atoms with E-state index >= 15 is 0 Å². The summed E-state index contributed by atoms with van der Waals surface area (Å²) in [6.07, 6.45) is 0. The number of carbonyl (C=O) groups excluding carboxylic acids is 1. The lowest BCUT2D eigenvalue weighted by Gasteiger charge is -2.46. The molecule has 202 valence electrons. The summed E-state index contributed by atoms with van der Waals surface area (Å²) < 4.78 is 5.54. The number of benzene rings is 1. The predicted molar refractivity (Wildman–Crippen MR) is 152 cm³/mol. The molecule has 3 aromatic rings. The Morgan fingerprint density at radius 1 is 1.03 bits per heavy atom. The van der Waals surface area contributed by atoms with Crippen LogP contribution in [0.5, 0.6) is 5.75 Å². The van der Waals surface area contributed by atoms with Crippen molar-refractivity contribution >= 4 is 41.6 Å². The van der Waals surface area contributed by atoms with Crippen molar-refractivity contribution in [3.05, 3.63) is 40.2 Å². The molecule has 0 aliphatic heterocycles. The van der Waals surface area contributed by atoms with Crippen LogP contribution in [-0.2, 0) is 4.79 Å². The highest BCUT2D eigenvalue weighted by Gasteiger charge is 2.39. The van der Waals surface area contributed by atoms with Crippen molar-refractivity contribution in [3.8, 4) is 5.75 Å². The minimum Gasteiger partial charge on any atom is -0.484 e. The number of hydrogen-bond donors (Lipinski definition) is 6. The van der Waals surface area contributed by atoms with Gasteiger partial charge in [0, 0.05) is 12.1 Å². The Labute approximate surface area is 223 Å². The van der Waals surface area contributed by atoms with Gasteiger partial charge < -0.3 is 15.0 Å². The fourth-order valence-electron chi connectivity index (χ4n) is 3.78. The van der Waals surface area contributed by atoms with Gasteiger partial charge in [0.25, 0.3) is 11.5 Å². The fraction of sp³-hybridized carbons (Fsp3) is 0.538. The molecule has 3 rings (SSSR count). The molecule has 0 unspecified atom stereocenters. The molecule has 0 fully saturated rings. The molecule has 0 bridgehead atoms. The third kappa shape index (κ3) is 7.48. The number of fused-ring (bicyclic) bond motifs is 1. The van der Waals surface area contributed by atoms with Crippen molar-refractivity contribution in [2.45, 2.75) is 71.7 Å². The van der Waals surface area contributed by atoms with Crippen molar-refractivity contribution in [2.75, 3.05) is 23.8 Å². The Bertz CT molecular complexity index is 1290. The number of aromatic nitrogens is 4. The van der Waals surface area contributed by atoms with Crippen LogP contribution < -0.4 is 26.2 Å². The molecule has 37 heavy (non-hydrogen) atoms. The summed E-state index contributed by atoms with van der Waals surface area (Å²) in [6.45, 7) is 17.1. The number of amides is 1. The van der Waals surface area contributed by atoms with Crippen LogP contribution in [0.2, 0.25) is 0 Å². The zero-order valence-corrected chi connectivity index (χ0v) is 23.8. The topological polar surface area (TPSA) is 137 Å². The first-order chi connectivity index (χ1) is 17.1. The number of carbonyl (C=O) groups is 1.